The molecular formula is C14H13FN2O2. The number of rotatable bonds is 3. The summed E-state index contributed by atoms with van der Waals surface area (Å²) in [6, 6.07) is 8.86. The Morgan fingerprint density at radius 3 is 2.79 bits per heavy atom. The van der Waals surface area contributed by atoms with E-state index in [1.807, 2.05) is 0 Å². The fourth-order valence-corrected chi connectivity index (χ4v) is 1.67. The minimum atomic E-state index is -0.627. The van der Waals surface area contributed by atoms with Gasteiger partial charge in [-0.3, -0.25) is 4.79 Å². The summed E-state index contributed by atoms with van der Waals surface area (Å²) < 4.78 is 12.7. The monoisotopic (exact) mass is 260 g/mol. The molecule has 0 aliphatic rings. The highest BCUT2D eigenvalue weighted by Crippen LogP contribution is 2.18. The predicted molar refractivity (Wildman–Crippen MR) is 68.2 cm³/mol. The molecule has 1 aromatic heterocycles. The van der Waals surface area contributed by atoms with Gasteiger partial charge in [-0.2, -0.15) is 4.39 Å². The number of aromatic nitrogens is 1. The van der Waals surface area contributed by atoms with E-state index in [4.69, 9.17) is 0 Å². The van der Waals surface area contributed by atoms with E-state index in [0.717, 1.165) is 11.6 Å². The normalized spacial score (nSPS) is 11.9. The predicted octanol–water partition coefficient (Wildman–Crippen LogP) is 2.42. The molecule has 1 heterocycles. The fourth-order valence-electron chi connectivity index (χ4n) is 1.67. The minimum Gasteiger partial charge on any atom is -0.508 e. The third-order valence-electron chi connectivity index (χ3n) is 2.71. The van der Waals surface area contributed by atoms with Crippen molar-refractivity contribution in [3.8, 4) is 5.75 Å². The van der Waals surface area contributed by atoms with E-state index in [-0.39, 0.29) is 23.3 Å². The third kappa shape index (κ3) is 3.28. The molecule has 98 valence electrons. The summed E-state index contributed by atoms with van der Waals surface area (Å²) in [5, 5.41) is 12.1. The third-order valence-corrected chi connectivity index (χ3v) is 2.71. The summed E-state index contributed by atoms with van der Waals surface area (Å²) in [5.74, 6) is -0.831. The first-order valence-corrected chi connectivity index (χ1v) is 5.77. The van der Waals surface area contributed by atoms with Gasteiger partial charge < -0.3 is 10.4 Å². The molecule has 0 radical (unpaired) electrons. The van der Waals surface area contributed by atoms with Crippen molar-refractivity contribution in [3.63, 3.8) is 0 Å². The molecule has 0 aliphatic carbocycles. The summed E-state index contributed by atoms with van der Waals surface area (Å²) >= 11 is 0. The van der Waals surface area contributed by atoms with Gasteiger partial charge >= 0.3 is 0 Å². The molecule has 1 unspecified atom stereocenters. The van der Waals surface area contributed by atoms with Gasteiger partial charge in [-0.1, -0.05) is 12.1 Å². The van der Waals surface area contributed by atoms with Crippen LogP contribution in [0.4, 0.5) is 4.39 Å². The van der Waals surface area contributed by atoms with E-state index in [1.165, 1.54) is 12.3 Å². The molecule has 0 fully saturated rings. The quantitative estimate of drug-likeness (QED) is 0.833. The van der Waals surface area contributed by atoms with E-state index >= 15 is 0 Å². The maximum absolute atomic E-state index is 12.7. The second-order valence-corrected chi connectivity index (χ2v) is 4.16. The zero-order valence-electron chi connectivity index (χ0n) is 10.3. The SMILES string of the molecule is CC(NC(=O)c1ccc(F)nc1)c1cccc(O)c1. The molecule has 5 heteroatoms. The number of carbonyl (C=O) groups is 1. The van der Waals surface area contributed by atoms with Gasteiger partial charge in [0.15, 0.2) is 0 Å². The van der Waals surface area contributed by atoms with Gasteiger partial charge in [-0.05, 0) is 36.8 Å². The topological polar surface area (TPSA) is 62.2 Å². The number of amides is 1. The fraction of sp³-hybridized carbons (Fsp3) is 0.143. The molecule has 1 aromatic carbocycles. The lowest BCUT2D eigenvalue weighted by molar-refractivity contribution is 0.0939. The van der Waals surface area contributed by atoms with Crippen molar-refractivity contribution in [1.29, 1.82) is 0 Å². The van der Waals surface area contributed by atoms with Crippen LogP contribution >= 0.6 is 0 Å². The Balaban J connectivity index is 2.08. The van der Waals surface area contributed by atoms with Crippen LogP contribution in [0.2, 0.25) is 0 Å². The zero-order valence-corrected chi connectivity index (χ0v) is 10.3. The summed E-state index contributed by atoms with van der Waals surface area (Å²) in [6.07, 6.45) is 1.18. The Morgan fingerprint density at radius 2 is 2.16 bits per heavy atom. The Hall–Kier alpha value is -2.43. The maximum Gasteiger partial charge on any atom is 0.253 e. The Bertz CT molecular complexity index is 584. The average molecular weight is 260 g/mol. The van der Waals surface area contributed by atoms with Crippen molar-refractivity contribution >= 4 is 5.91 Å². The lowest BCUT2D eigenvalue weighted by atomic mass is 10.1. The zero-order chi connectivity index (χ0) is 13.8. The first-order valence-electron chi connectivity index (χ1n) is 5.77. The van der Waals surface area contributed by atoms with Crippen LogP contribution in [-0.2, 0) is 0 Å². The van der Waals surface area contributed by atoms with E-state index in [2.05, 4.69) is 10.3 Å². The van der Waals surface area contributed by atoms with Gasteiger partial charge in [0.25, 0.3) is 5.91 Å². The van der Waals surface area contributed by atoms with Crippen LogP contribution in [-0.4, -0.2) is 16.0 Å². The van der Waals surface area contributed by atoms with Crippen molar-refractivity contribution in [2.24, 2.45) is 0 Å². The largest absolute Gasteiger partial charge is 0.508 e. The smallest absolute Gasteiger partial charge is 0.253 e. The van der Waals surface area contributed by atoms with Crippen LogP contribution in [0.1, 0.15) is 28.9 Å². The number of phenolic OH excluding ortho intramolecular Hbond substituents is 1. The number of hydrogen-bond acceptors (Lipinski definition) is 3. The molecule has 2 rings (SSSR count). The number of halogens is 1. The van der Waals surface area contributed by atoms with Gasteiger partial charge in [0.2, 0.25) is 5.95 Å². The van der Waals surface area contributed by atoms with Crippen molar-refractivity contribution in [1.82, 2.24) is 10.3 Å². The van der Waals surface area contributed by atoms with Gasteiger partial charge in [0.05, 0.1) is 11.6 Å². The summed E-state index contributed by atoms with van der Waals surface area (Å²) in [4.78, 5) is 15.3. The van der Waals surface area contributed by atoms with Crippen molar-refractivity contribution < 1.29 is 14.3 Å². The van der Waals surface area contributed by atoms with Crippen molar-refractivity contribution in [2.45, 2.75) is 13.0 Å². The Kier molecular flexibility index (Phi) is 3.75. The molecule has 4 nitrogen and oxygen atoms in total. The van der Waals surface area contributed by atoms with Crippen molar-refractivity contribution in [3.05, 3.63) is 59.7 Å². The van der Waals surface area contributed by atoms with Gasteiger partial charge in [-0.15, -0.1) is 0 Å². The van der Waals surface area contributed by atoms with Crippen LogP contribution in [0.3, 0.4) is 0 Å². The summed E-state index contributed by atoms with van der Waals surface area (Å²) in [7, 11) is 0. The molecule has 1 amide bonds. The molecule has 2 N–H and O–H groups in total. The number of pyridine rings is 1. The number of aromatic hydroxyl groups is 1. The highest BCUT2D eigenvalue weighted by molar-refractivity contribution is 5.94. The van der Waals surface area contributed by atoms with E-state index < -0.39 is 5.95 Å². The number of phenols is 1. The number of benzene rings is 1. The van der Waals surface area contributed by atoms with Crippen LogP contribution in [0.5, 0.6) is 5.75 Å². The van der Waals surface area contributed by atoms with Crippen LogP contribution in [0, 0.1) is 5.95 Å². The Labute approximate surface area is 109 Å². The molecule has 2 aromatic rings. The molecule has 19 heavy (non-hydrogen) atoms. The first kappa shape index (κ1) is 13.0. The number of hydrogen-bond donors (Lipinski definition) is 2. The average Bonchev–Trinajstić information content (AvgIpc) is 2.39. The summed E-state index contributed by atoms with van der Waals surface area (Å²) in [5.41, 5.74) is 1.07. The van der Waals surface area contributed by atoms with E-state index in [9.17, 15) is 14.3 Å². The van der Waals surface area contributed by atoms with Gasteiger partial charge in [0.1, 0.15) is 5.75 Å². The van der Waals surface area contributed by atoms with Crippen LogP contribution in [0.25, 0.3) is 0 Å². The van der Waals surface area contributed by atoms with E-state index in [1.54, 1.807) is 31.2 Å². The summed E-state index contributed by atoms with van der Waals surface area (Å²) in [6.45, 7) is 1.80. The maximum atomic E-state index is 12.7. The highest BCUT2D eigenvalue weighted by Gasteiger charge is 2.12. The minimum absolute atomic E-state index is 0.141. The lowest BCUT2D eigenvalue weighted by Gasteiger charge is -2.14. The molecule has 0 spiro atoms. The molecule has 1 atom stereocenters. The van der Waals surface area contributed by atoms with Crippen molar-refractivity contribution in [2.75, 3.05) is 0 Å². The number of nitrogens with one attached hydrogen (secondary N) is 1. The van der Waals surface area contributed by atoms with Gasteiger partial charge in [-0.25, -0.2) is 4.98 Å². The standard InChI is InChI=1S/C14H13FN2O2/c1-9(10-3-2-4-12(18)7-10)17-14(19)11-5-6-13(15)16-8-11/h2-9,18H,1H3,(H,17,19). The molecule has 0 bridgehead atoms. The first-order chi connectivity index (χ1) is 9.06. The molecular weight excluding hydrogens is 247 g/mol. The van der Waals surface area contributed by atoms with Crippen LogP contribution in [0.15, 0.2) is 42.6 Å². The number of nitrogens with zero attached hydrogens (tertiary/aromatic N) is 1. The second kappa shape index (κ2) is 5.48. The lowest BCUT2D eigenvalue weighted by Crippen LogP contribution is -2.26. The molecule has 0 saturated carbocycles. The number of carbonyl (C=O) groups excluding carboxylic acids is 1. The Morgan fingerprint density at radius 1 is 1.37 bits per heavy atom. The second-order valence-electron chi connectivity index (χ2n) is 4.16. The highest BCUT2D eigenvalue weighted by atomic mass is 19.1. The van der Waals surface area contributed by atoms with Gasteiger partial charge in [0, 0.05) is 6.20 Å². The molecule has 0 aliphatic heterocycles. The molecule has 0 saturated heterocycles. The van der Waals surface area contributed by atoms with Crippen LogP contribution < -0.4 is 5.32 Å². The van der Waals surface area contributed by atoms with E-state index in [0.29, 0.717) is 0 Å².